The van der Waals surface area contributed by atoms with Crippen molar-refractivity contribution in [1.29, 1.82) is 0 Å². The van der Waals surface area contributed by atoms with E-state index in [0.29, 0.717) is 0 Å². The summed E-state index contributed by atoms with van der Waals surface area (Å²) in [5.41, 5.74) is 0. The summed E-state index contributed by atoms with van der Waals surface area (Å²) in [6.07, 6.45) is -4.21. The van der Waals surface area contributed by atoms with Gasteiger partial charge in [0.15, 0.2) is 5.11 Å². The summed E-state index contributed by atoms with van der Waals surface area (Å²) >= 11 is 4.83. The molecular formula is C8H15F3N2S. The lowest BCUT2D eigenvalue weighted by Crippen LogP contribution is -2.46. The Morgan fingerprint density at radius 1 is 1.43 bits per heavy atom. The van der Waals surface area contributed by atoms with Crippen LogP contribution in [-0.4, -0.2) is 35.3 Å². The normalized spacial score (nSPS) is 11.6. The third-order valence-electron chi connectivity index (χ3n) is 1.45. The summed E-state index contributed by atoms with van der Waals surface area (Å²) in [5, 5.41) is 2.93. The monoisotopic (exact) mass is 228 g/mol. The van der Waals surface area contributed by atoms with Gasteiger partial charge in [-0.05, 0) is 33.0 Å². The molecule has 0 aliphatic rings. The van der Waals surface area contributed by atoms with E-state index < -0.39 is 12.7 Å². The van der Waals surface area contributed by atoms with Gasteiger partial charge in [0.05, 0.1) is 0 Å². The lowest BCUT2D eigenvalue weighted by molar-refractivity contribution is -0.137. The minimum absolute atomic E-state index is 0.0461. The van der Waals surface area contributed by atoms with Crippen LogP contribution in [0.15, 0.2) is 0 Å². The van der Waals surface area contributed by atoms with Crippen molar-refractivity contribution in [2.75, 3.05) is 13.1 Å². The Morgan fingerprint density at radius 3 is 2.21 bits per heavy atom. The maximum Gasteiger partial charge on any atom is 0.406 e. The molecule has 0 fully saturated rings. The molecule has 6 heteroatoms. The second-order valence-corrected chi connectivity index (χ2v) is 3.62. The summed E-state index contributed by atoms with van der Waals surface area (Å²) in [6.45, 7) is 4.54. The van der Waals surface area contributed by atoms with E-state index in [9.17, 15) is 13.2 Å². The fourth-order valence-electron chi connectivity index (χ4n) is 0.882. The van der Waals surface area contributed by atoms with Gasteiger partial charge in [-0.2, -0.15) is 13.2 Å². The minimum atomic E-state index is -4.21. The molecule has 0 rings (SSSR count). The lowest BCUT2D eigenvalue weighted by atomic mass is 10.4. The van der Waals surface area contributed by atoms with Gasteiger partial charge in [-0.25, -0.2) is 0 Å². The maximum atomic E-state index is 12.1. The van der Waals surface area contributed by atoms with Crippen molar-refractivity contribution in [2.45, 2.75) is 33.0 Å². The van der Waals surface area contributed by atoms with Crippen LogP contribution >= 0.6 is 12.2 Å². The molecule has 0 aliphatic carbocycles. The summed E-state index contributed by atoms with van der Waals surface area (Å²) in [5.74, 6) is 0. The number of nitrogens with zero attached hydrogens (tertiary/aromatic N) is 1. The second kappa shape index (κ2) is 5.38. The molecule has 0 saturated carbocycles. The van der Waals surface area contributed by atoms with E-state index in [0.717, 1.165) is 4.90 Å². The van der Waals surface area contributed by atoms with Crippen LogP contribution in [0.4, 0.5) is 13.2 Å². The van der Waals surface area contributed by atoms with E-state index in [1.807, 2.05) is 13.8 Å². The quantitative estimate of drug-likeness (QED) is 0.745. The van der Waals surface area contributed by atoms with Crippen molar-refractivity contribution in [3.63, 3.8) is 0 Å². The van der Waals surface area contributed by atoms with E-state index >= 15 is 0 Å². The van der Waals surface area contributed by atoms with E-state index in [-0.39, 0.29) is 17.7 Å². The first-order valence-corrected chi connectivity index (χ1v) is 4.79. The third kappa shape index (κ3) is 6.01. The molecule has 0 heterocycles. The number of rotatable bonds is 3. The number of nitrogens with one attached hydrogen (secondary N) is 1. The fourth-order valence-corrected chi connectivity index (χ4v) is 1.31. The van der Waals surface area contributed by atoms with E-state index in [4.69, 9.17) is 12.2 Å². The Labute approximate surface area is 87.5 Å². The number of alkyl halides is 3. The smallest absolute Gasteiger partial charge is 0.360 e. The summed E-state index contributed by atoms with van der Waals surface area (Å²) in [7, 11) is 0. The fraction of sp³-hybridized carbons (Fsp3) is 0.875. The summed E-state index contributed by atoms with van der Waals surface area (Å²) in [4.78, 5) is 1.09. The van der Waals surface area contributed by atoms with E-state index in [2.05, 4.69) is 5.32 Å². The molecule has 0 aliphatic heterocycles. The Balaban J connectivity index is 4.20. The first-order chi connectivity index (χ1) is 6.26. The van der Waals surface area contributed by atoms with Crippen LogP contribution in [0.1, 0.15) is 20.8 Å². The molecule has 0 atom stereocenters. The van der Waals surface area contributed by atoms with Gasteiger partial charge in [-0.3, -0.25) is 0 Å². The van der Waals surface area contributed by atoms with Crippen molar-refractivity contribution in [1.82, 2.24) is 10.2 Å². The van der Waals surface area contributed by atoms with Crippen LogP contribution in [0.5, 0.6) is 0 Å². The molecule has 0 aromatic heterocycles. The highest BCUT2D eigenvalue weighted by Gasteiger charge is 2.31. The van der Waals surface area contributed by atoms with Crippen LogP contribution in [0.25, 0.3) is 0 Å². The molecule has 0 spiro atoms. The number of hydrogen-bond acceptors (Lipinski definition) is 1. The second-order valence-electron chi connectivity index (χ2n) is 3.23. The molecule has 0 aromatic rings. The summed E-state index contributed by atoms with van der Waals surface area (Å²) in [6, 6.07) is 0.0461. The van der Waals surface area contributed by atoms with Gasteiger partial charge < -0.3 is 10.2 Å². The summed E-state index contributed by atoms with van der Waals surface area (Å²) < 4.78 is 36.2. The van der Waals surface area contributed by atoms with Crippen molar-refractivity contribution in [3.8, 4) is 0 Å². The number of halogens is 3. The zero-order valence-corrected chi connectivity index (χ0v) is 9.30. The average molecular weight is 228 g/mol. The molecule has 0 radical (unpaired) electrons. The predicted molar refractivity (Wildman–Crippen MR) is 54.2 cm³/mol. The minimum Gasteiger partial charge on any atom is -0.360 e. The van der Waals surface area contributed by atoms with Gasteiger partial charge in [0.2, 0.25) is 0 Å². The van der Waals surface area contributed by atoms with Crippen molar-refractivity contribution in [3.05, 3.63) is 0 Å². The Morgan fingerprint density at radius 2 is 1.93 bits per heavy atom. The van der Waals surface area contributed by atoms with Gasteiger partial charge >= 0.3 is 6.18 Å². The maximum absolute atomic E-state index is 12.1. The lowest BCUT2D eigenvalue weighted by Gasteiger charge is -2.26. The van der Waals surface area contributed by atoms with Gasteiger partial charge in [0, 0.05) is 12.6 Å². The van der Waals surface area contributed by atoms with Gasteiger partial charge in [-0.15, -0.1) is 0 Å². The molecule has 0 aromatic carbocycles. The Hall–Kier alpha value is -0.520. The highest BCUT2D eigenvalue weighted by Crippen LogP contribution is 2.16. The number of hydrogen-bond donors (Lipinski definition) is 1. The average Bonchev–Trinajstić information content (AvgIpc) is 1.96. The Kier molecular flexibility index (Phi) is 5.18. The molecule has 0 unspecified atom stereocenters. The number of thiocarbonyl (C=S) groups is 1. The molecular weight excluding hydrogens is 213 g/mol. The largest absolute Gasteiger partial charge is 0.406 e. The first kappa shape index (κ1) is 13.5. The first-order valence-electron chi connectivity index (χ1n) is 4.38. The zero-order valence-electron chi connectivity index (χ0n) is 8.48. The molecule has 0 bridgehead atoms. The van der Waals surface area contributed by atoms with Gasteiger partial charge in [0.1, 0.15) is 6.54 Å². The molecule has 2 nitrogen and oxygen atoms in total. The van der Waals surface area contributed by atoms with E-state index in [1.54, 1.807) is 6.92 Å². The SMILES string of the molecule is CCN(CC(F)(F)F)C(=S)NC(C)C. The van der Waals surface area contributed by atoms with Crippen LogP contribution in [-0.2, 0) is 0 Å². The predicted octanol–water partition coefficient (Wildman–Crippen LogP) is 2.15. The third-order valence-corrected chi connectivity index (χ3v) is 1.83. The van der Waals surface area contributed by atoms with Crippen molar-refractivity contribution < 1.29 is 13.2 Å². The van der Waals surface area contributed by atoms with E-state index in [1.165, 1.54) is 0 Å². The standard InChI is InChI=1S/C8H15F3N2S/c1-4-13(5-8(9,10)11)7(14)12-6(2)3/h6H,4-5H2,1-3H3,(H,12,14). The van der Waals surface area contributed by atoms with Crippen LogP contribution in [0.3, 0.4) is 0 Å². The highest BCUT2D eigenvalue weighted by molar-refractivity contribution is 7.80. The molecule has 0 amide bonds. The molecule has 1 N–H and O–H groups in total. The molecule has 0 saturated heterocycles. The topological polar surface area (TPSA) is 15.3 Å². The Bertz CT molecular complexity index is 192. The zero-order chi connectivity index (χ0) is 11.4. The van der Waals surface area contributed by atoms with Gasteiger partial charge in [-0.1, -0.05) is 0 Å². The van der Waals surface area contributed by atoms with Crippen LogP contribution in [0.2, 0.25) is 0 Å². The molecule has 84 valence electrons. The molecule has 14 heavy (non-hydrogen) atoms. The van der Waals surface area contributed by atoms with Gasteiger partial charge in [0.25, 0.3) is 0 Å². The van der Waals surface area contributed by atoms with Crippen LogP contribution in [0, 0.1) is 0 Å². The highest BCUT2D eigenvalue weighted by atomic mass is 32.1. The van der Waals surface area contributed by atoms with Crippen molar-refractivity contribution in [2.24, 2.45) is 0 Å². The van der Waals surface area contributed by atoms with Crippen molar-refractivity contribution >= 4 is 17.3 Å². The van der Waals surface area contributed by atoms with Crippen LogP contribution < -0.4 is 5.32 Å².